The zero-order chi connectivity index (χ0) is 14.1. The highest BCUT2D eigenvalue weighted by atomic mass is 16.5. The van der Waals surface area contributed by atoms with Gasteiger partial charge < -0.3 is 15.0 Å². The lowest BCUT2D eigenvalue weighted by atomic mass is 10.2. The number of ether oxygens (including phenoxy) is 1. The third-order valence-electron chi connectivity index (χ3n) is 3.14. The van der Waals surface area contributed by atoms with Crippen molar-refractivity contribution >= 4 is 5.91 Å². The minimum absolute atomic E-state index is 0.206. The van der Waals surface area contributed by atoms with E-state index in [1.165, 1.54) is 0 Å². The Labute approximate surface area is 115 Å². The molecule has 0 aliphatic heterocycles. The van der Waals surface area contributed by atoms with Crippen molar-refractivity contribution in [3.05, 3.63) is 29.8 Å². The molecule has 0 aliphatic carbocycles. The van der Waals surface area contributed by atoms with Gasteiger partial charge in [0.05, 0.1) is 7.11 Å². The fraction of sp³-hybridized carbons (Fsp3) is 0.533. The summed E-state index contributed by atoms with van der Waals surface area (Å²) >= 11 is 0. The van der Waals surface area contributed by atoms with E-state index in [-0.39, 0.29) is 5.91 Å². The van der Waals surface area contributed by atoms with Gasteiger partial charge in [-0.1, -0.05) is 18.2 Å². The van der Waals surface area contributed by atoms with Crippen LogP contribution < -0.4 is 10.1 Å². The van der Waals surface area contributed by atoms with Crippen LogP contribution in [0.4, 0.5) is 0 Å². The SMILES string of the molecule is CCN(CC)C(=O)CCNCc1ccccc1OC. The van der Waals surface area contributed by atoms with Crippen LogP contribution in [0.5, 0.6) is 5.75 Å². The summed E-state index contributed by atoms with van der Waals surface area (Å²) in [6.45, 7) is 6.97. The third-order valence-corrected chi connectivity index (χ3v) is 3.14. The second-order valence-corrected chi connectivity index (χ2v) is 4.30. The first-order valence-electron chi connectivity index (χ1n) is 6.83. The van der Waals surface area contributed by atoms with Gasteiger partial charge in [0.2, 0.25) is 5.91 Å². The van der Waals surface area contributed by atoms with E-state index in [4.69, 9.17) is 4.74 Å². The Hall–Kier alpha value is -1.55. The van der Waals surface area contributed by atoms with Crippen molar-refractivity contribution in [3.8, 4) is 5.75 Å². The van der Waals surface area contributed by atoms with E-state index >= 15 is 0 Å². The molecule has 1 rings (SSSR count). The molecular formula is C15H24N2O2. The van der Waals surface area contributed by atoms with Crippen LogP contribution >= 0.6 is 0 Å². The second kappa shape index (κ2) is 8.53. The van der Waals surface area contributed by atoms with Crippen LogP contribution in [0, 0.1) is 0 Å². The van der Waals surface area contributed by atoms with Crippen molar-refractivity contribution in [1.29, 1.82) is 0 Å². The molecule has 0 bridgehead atoms. The molecule has 1 N–H and O–H groups in total. The lowest BCUT2D eigenvalue weighted by molar-refractivity contribution is -0.130. The molecule has 1 aromatic rings. The lowest BCUT2D eigenvalue weighted by Gasteiger charge is -2.18. The maximum Gasteiger partial charge on any atom is 0.223 e. The Morgan fingerprint density at radius 1 is 1.26 bits per heavy atom. The lowest BCUT2D eigenvalue weighted by Crippen LogP contribution is -2.32. The Morgan fingerprint density at radius 3 is 2.58 bits per heavy atom. The highest BCUT2D eigenvalue weighted by molar-refractivity contribution is 5.76. The molecule has 0 spiro atoms. The van der Waals surface area contributed by atoms with Gasteiger partial charge in [-0.15, -0.1) is 0 Å². The molecule has 19 heavy (non-hydrogen) atoms. The Kier molecular flexibility index (Phi) is 6.97. The number of carbonyl (C=O) groups is 1. The van der Waals surface area contributed by atoms with E-state index < -0.39 is 0 Å². The summed E-state index contributed by atoms with van der Waals surface area (Å²) in [5, 5.41) is 3.28. The number of methoxy groups -OCH3 is 1. The molecule has 0 aliphatic rings. The van der Waals surface area contributed by atoms with Crippen molar-refractivity contribution < 1.29 is 9.53 Å². The molecule has 0 atom stereocenters. The monoisotopic (exact) mass is 264 g/mol. The van der Waals surface area contributed by atoms with Crippen molar-refractivity contribution in [1.82, 2.24) is 10.2 Å². The summed E-state index contributed by atoms with van der Waals surface area (Å²) in [4.78, 5) is 13.7. The molecule has 1 amide bonds. The zero-order valence-electron chi connectivity index (χ0n) is 12.1. The van der Waals surface area contributed by atoms with E-state index in [1.807, 2.05) is 43.0 Å². The maximum absolute atomic E-state index is 11.8. The number of hydrogen-bond donors (Lipinski definition) is 1. The summed E-state index contributed by atoms with van der Waals surface area (Å²) in [5.74, 6) is 1.09. The standard InChI is InChI=1S/C15H24N2O2/c1-4-17(5-2)15(18)10-11-16-12-13-8-6-7-9-14(13)19-3/h6-9,16H,4-5,10-12H2,1-3H3. The Bertz CT molecular complexity index is 389. The quantitative estimate of drug-likeness (QED) is 0.731. The first-order chi connectivity index (χ1) is 9.22. The largest absolute Gasteiger partial charge is 0.496 e. The minimum Gasteiger partial charge on any atom is -0.496 e. The molecule has 4 heteroatoms. The second-order valence-electron chi connectivity index (χ2n) is 4.30. The van der Waals surface area contributed by atoms with Crippen LogP contribution in [0.1, 0.15) is 25.8 Å². The van der Waals surface area contributed by atoms with Gasteiger partial charge in [0.1, 0.15) is 5.75 Å². The molecular weight excluding hydrogens is 240 g/mol. The van der Waals surface area contributed by atoms with Crippen molar-refractivity contribution in [2.45, 2.75) is 26.8 Å². The molecule has 0 unspecified atom stereocenters. The molecule has 106 valence electrons. The van der Waals surface area contributed by atoms with Gasteiger partial charge in [-0.05, 0) is 19.9 Å². The summed E-state index contributed by atoms with van der Waals surface area (Å²) in [5.41, 5.74) is 1.11. The average Bonchev–Trinajstić information content (AvgIpc) is 2.45. The summed E-state index contributed by atoms with van der Waals surface area (Å²) in [7, 11) is 1.67. The van der Waals surface area contributed by atoms with Crippen LogP contribution in [-0.4, -0.2) is 37.6 Å². The number of hydrogen-bond acceptors (Lipinski definition) is 3. The Morgan fingerprint density at radius 2 is 1.95 bits per heavy atom. The molecule has 0 radical (unpaired) electrons. The van der Waals surface area contributed by atoms with Crippen LogP contribution in [0.3, 0.4) is 0 Å². The number of benzene rings is 1. The molecule has 0 aromatic heterocycles. The number of carbonyl (C=O) groups excluding carboxylic acids is 1. The minimum atomic E-state index is 0.206. The summed E-state index contributed by atoms with van der Waals surface area (Å²) in [6, 6.07) is 7.91. The van der Waals surface area contributed by atoms with Gasteiger partial charge in [-0.25, -0.2) is 0 Å². The van der Waals surface area contributed by atoms with Gasteiger partial charge in [-0.2, -0.15) is 0 Å². The first-order valence-corrected chi connectivity index (χ1v) is 6.83. The van der Waals surface area contributed by atoms with Crippen LogP contribution in [0.25, 0.3) is 0 Å². The van der Waals surface area contributed by atoms with Gasteiger partial charge in [0.25, 0.3) is 0 Å². The maximum atomic E-state index is 11.8. The molecule has 4 nitrogen and oxygen atoms in total. The molecule has 0 fully saturated rings. The van der Waals surface area contributed by atoms with E-state index in [1.54, 1.807) is 7.11 Å². The number of nitrogens with zero attached hydrogens (tertiary/aromatic N) is 1. The van der Waals surface area contributed by atoms with Crippen molar-refractivity contribution in [2.24, 2.45) is 0 Å². The van der Waals surface area contributed by atoms with E-state index in [2.05, 4.69) is 5.32 Å². The fourth-order valence-electron chi connectivity index (χ4n) is 2.00. The predicted octanol–water partition coefficient (Wildman–Crippen LogP) is 2.04. The third kappa shape index (κ3) is 4.91. The predicted molar refractivity (Wildman–Crippen MR) is 77.2 cm³/mol. The molecule has 0 saturated carbocycles. The average molecular weight is 264 g/mol. The smallest absolute Gasteiger partial charge is 0.223 e. The van der Waals surface area contributed by atoms with Crippen molar-refractivity contribution in [3.63, 3.8) is 0 Å². The highest BCUT2D eigenvalue weighted by Crippen LogP contribution is 2.16. The van der Waals surface area contributed by atoms with E-state index in [9.17, 15) is 4.79 Å². The summed E-state index contributed by atoms with van der Waals surface area (Å²) < 4.78 is 5.28. The van der Waals surface area contributed by atoms with Crippen LogP contribution in [0.2, 0.25) is 0 Å². The molecule has 1 aromatic carbocycles. The number of rotatable bonds is 8. The first kappa shape index (κ1) is 15.5. The molecule has 0 saturated heterocycles. The Balaban J connectivity index is 2.33. The van der Waals surface area contributed by atoms with E-state index in [0.717, 1.165) is 30.9 Å². The van der Waals surface area contributed by atoms with Gasteiger partial charge in [-0.3, -0.25) is 4.79 Å². The van der Waals surface area contributed by atoms with E-state index in [0.29, 0.717) is 13.0 Å². The van der Waals surface area contributed by atoms with Gasteiger partial charge >= 0.3 is 0 Å². The van der Waals surface area contributed by atoms with Crippen LogP contribution in [0.15, 0.2) is 24.3 Å². The molecule has 0 heterocycles. The topological polar surface area (TPSA) is 41.6 Å². The van der Waals surface area contributed by atoms with Gasteiger partial charge in [0, 0.05) is 38.2 Å². The van der Waals surface area contributed by atoms with Crippen molar-refractivity contribution in [2.75, 3.05) is 26.7 Å². The fourth-order valence-corrected chi connectivity index (χ4v) is 2.00. The normalized spacial score (nSPS) is 10.3. The highest BCUT2D eigenvalue weighted by Gasteiger charge is 2.08. The number of nitrogens with one attached hydrogen (secondary N) is 1. The van der Waals surface area contributed by atoms with Gasteiger partial charge in [0.15, 0.2) is 0 Å². The van der Waals surface area contributed by atoms with Crippen LogP contribution in [-0.2, 0) is 11.3 Å². The number of para-hydroxylation sites is 1. The zero-order valence-corrected chi connectivity index (χ0v) is 12.1. The summed E-state index contributed by atoms with van der Waals surface area (Å²) in [6.07, 6.45) is 0.539. The number of amides is 1.